The first-order valence-electron chi connectivity index (χ1n) is 9.82. The van der Waals surface area contributed by atoms with E-state index in [4.69, 9.17) is 0 Å². The van der Waals surface area contributed by atoms with Crippen LogP contribution in [0.1, 0.15) is 27.5 Å². The molecular formula is C22H21FN6OS. The van der Waals surface area contributed by atoms with Gasteiger partial charge in [0.25, 0.3) is 5.91 Å². The third-order valence-electron chi connectivity index (χ3n) is 4.81. The molecule has 4 aromatic rings. The Morgan fingerprint density at radius 1 is 1.19 bits per heavy atom. The Morgan fingerprint density at radius 2 is 1.94 bits per heavy atom. The minimum Gasteiger partial charge on any atom is -0.341 e. The molecular weight excluding hydrogens is 415 g/mol. The number of aromatic nitrogens is 5. The van der Waals surface area contributed by atoms with E-state index in [9.17, 15) is 9.18 Å². The van der Waals surface area contributed by atoms with Gasteiger partial charge in [-0.15, -0.1) is 11.3 Å². The zero-order chi connectivity index (χ0) is 21.8. The lowest BCUT2D eigenvalue weighted by Gasteiger charge is -2.16. The molecule has 0 saturated heterocycles. The monoisotopic (exact) mass is 436 g/mol. The molecule has 0 aliphatic carbocycles. The van der Waals surface area contributed by atoms with E-state index < -0.39 is 0 Å². The summed E-state index contributed by atoms with van der Waals surface area (Å²) in [6.07, 6.45) is 4.84. The van der Waals surface area contributed by atoms with Crippen LogP contribution in [-0.4, -0.2) is 49.5 Å². The highest BCUT2D eigenvalue weighted by Crippen LogP contribution is 2.26. The number of rotatable bonds is 7. The first-order chi connectivity index (χ1) is 15.0. The molecule has 0 radical (unpaired) electrons. The lowest BCUT2D eigenvalue weighted by Crippen LogP contribution is -2.27. The molecule has 158 valence electrons. The summed E-state index contributed by atoms with van der Waals surface area (Å²) in [5.74, 6) is 0.189. The highest BCUT2D eigenvalue weighted by molar-refractivity contribution is 7.17. The Kier molecular flexibility index (Phi) is 6.13. The van der Waals surface area contributed by atoms with Crippen molar-refractivity contribution >= 4 is 17.2 Å². The van der Waals surface area contributed by atoms with Gasteiger partial charge in [0.2, 0.25) is 0 Å². The number of aryl methyl sites for hydroxylation is 2. The van der Waals surface area contributed by atoms with Crippen LogP contribution in [0.15, 0.2) is 48.8 Å². The van der Waals surface area contributed by atoms with Gasteiger partial charge in [-0.05, 0) is 56.2 Å². The smallest absolute Gasteiger partial charge is 0.265 e. The van der Waals surface area contributed by atoms with E-state index in [0.717, 1.165) is 29.8 Å². The van der Waals surface area contributed by atoms with Crippen LogP contribution >= 0.6 is 11.3 Å². The normalized spacial score (nSPS) is 10.9. The van der Waals surface area contributed by atoms with Crippen molar-refractivity contribution in [3.8, 4) is 22.1 Å². The van der Waals surface area contributed by atoms with Gasteiger partial charge in [-0.25, -0.2) is 19.3 Å². The van der Waals surface area contributed by atoms with Gasteiger partial charge in [0.05, 0.1) is 11.4 Å². The standard InChI is InChI=1S/C22H21FN6OS/c1-14-19(31-21(26-14)20-24-10-4-11-25-20)22(30)29(2)12-3-5-17-13-18(28-27-17)15-6-8-16(23)9-7-15/h4,6-11,13H,3,5,12H2,1-2H3,(H,27,28). The molecule has 3 heterocycles. The summed E-state index contributed by atoms with van der Waals surface area (Å²) < 4.78 is 13.1. The van der Waals surface area contributed by atoms with Crippen molar-refractivity contribution < 1.29 is 9.18 Å². The van der Waals surface area contributed by atoms with Gasteiger partial charge in [-0.1, -0.05) is 0 Å². The van der Waals surface area contributed by atoms with Crippen LogP contribution in [0.25, 0.3) is 22.1 Å². The highest BCUT2D eigenvalue weighted by Gasteiger charge is 2.20. The number of carbonyl (C=O) groups excluding carboxylic acids is 1. The van der Waals surface area contributed by atoms with Crippen molar-refractivity contribution in [1.29, 1.82) is 0 Å². The molecule has 7 nitrogen and oxygen atoms in total. The zero-order valence-corrected chi connectivity index (χ0v) is 18.0. The number of aromatic amines is 1. The molecule has 0 aliphatic rings. The van der Waals surface area contributed by atoms with Gasteiger partial charge in [0.15, 0.2) is 10.8 Å². The van der Waals surface area contributed by atoms with Crippen LogP contribution in [0.5, 0.6) is 0 Å². The number of H-pyrrole nitrogens is 1. The number of hydrogen-bond donors (Lipinski definition) is 1. The third-order valence-corrected chi connectivity index (χ3v) is 5.95. The molecule has 1 amide bonds. The second kappa shape index (κ2) is 9.13. The van der Waals surface area contributed by atoms with Crippen LogP contribution in [-0.2, 0) is 6.42 Å². The number of nitrogens with zero attached hydrogens (tertiary/aromatic N) is 5. The summed E-state index contributed by atoms with van der Waals surface area (Å²) in [5.41, 5.74) is 3.28. The van der Waals surface area contributed by atoms with Gasteiger partial charge >= 0.3 is 0 Å². The quantitative estimate of drug-likeness (QED) is 0.470. The second-order valence-electron chi connectivity index (χ2n) is 7.12. The molecule has 1 N–H and O–H groups in total. The Morgan fingerprint density at radius 3 is 2.68 bits per heavy atom. The molecule has 0 unspecified atom stereocenters. The van der Waals surface area contributed by atoms with Gasteiger partial charge in [0.1, 0.15) is 10.7 Å². The Hall–Kier alpha value is -3.46. The summed E-state index contributed by atoms with van der Waals surface area (Å²) in [6, 6.07) is 9.93. The van der Waals surface area contributed by atoms with E-state index in [1.54, 1.807) is 42.5 Å². The van der Waals surface area contributed by atoms with Crippen LogP contribution < -0.4 is 0 Å². The van der Waals surface area contributed by atoms with E-state index in [1.807, 2.05) is 13.0 Å². The number of amides is 1. The Labute approximate surface area is 183 Å². The fraction of sp³-hybridized carbons (Fsp3) is 0.227. The molecule has 9 heteroatoms. The number of benzene rings is 1. The molecule has 31 heavy (non-hydrogen) atoms. The molecule has 0 atom stereocenters. The predicted molar refractivity (Wildman–Crippen MR) is 117 cm³/mol. The highest BCUT2D eigenvalue weighted by atomic mass is 32.1. The van der Waals surface area contributed by atoms with E-state index in [2.05, 4.69) is 25.1 Å². The van der Waals surface area contributed by atoms with Crippen molar-refractivity contribution in [3.63, 3.8) is 0 Å². The molecule has 0 aliphatic heterocycles. The lowest BCUT2D eigenvalue weighted by molar-refractivity contribution is 0.0797. The van der Waals surface area contributed by atoms with E-state index >= 15 is 0 Å². The summed E-state index contributed by atoms with van der Waals surface area (Å²) in [5, 5.41) is 7.95. The second-order valence-corrected chi connectivity index (χ2v) is 8.12. The maximum atomic E-state index is 13.1. The van der Waals surface area contributed by atoms with Gasteiger partial charge in [0, 0.05) is 37.2 Å². The van der Waals surface area contributed by atoms with Crippen LogP contribution in [0, 0.1) is 12.7 Å². The molecule has 3 aromatic heterocycles. The molecule has 1 aromatic carbocycles. The minimum atomic E-state index is -0.271. The molecule has 0 bridgehead atoms. The van der Waals surface area contributed by atoms with Crippen molar-refractivity contribution in [2.24, 2.45) is 0 Å². The van der Waals surface area contributed by atoms with Crippen molar-refractivity contribution in [2.45, 2.75) is 19.8 Å². The van der Waals surface area contributed by atoms with Crippen LogP contribution in [0.2, 0.25) is 0 Å². The number of halogens is 1. The van der Waals surface area contributed by atoms with Crippen molar-refractivity contribution in [2.75, 3.05) is 13.6 Å². The fourth-order valence-corrected chi connectivity index (χ4v) is 4.15. The maximum absolute atomic E-state index is 13.1. The van der Waals surface area contributed by atoms with Gasteiger partial charge < -0.3 is 4.90 Å². The molecule has 0 fully saturated rings. The summed E-state index contributed by atoms with van der Waals surface area (Å²) >= 11 is 1.31. The largest absolute Gasteiger partial charge is 0.341 e. The SMILES string of the molecule is Cc1nc(-c2ncccn2)sc1C(=O)N(C)CCCc1cc(-c2ccc(F)cc2)n[nH]1. The van der Waals surface area contributed by atoms with Crippen molar-refractivity contribution in [3.05, 3.63) is 70.9 Å². The maximum Gasteiger partial charge on any atom is 0.265 e. The summed E-state index contributed by atoms with van der Waals surface area (Å²) in [4.78, 5) is 28.0. The fourth-order valence-electron chi connectivity index (χ4n) is 3.14. The van der Waals surface area contributed by atoms with Crippen LogP contribution in [0.4, 0.5) is 4.39 Å². The zero-order valence-electron chi connectivity index (χ0n) is 17.2. The number of nitrogens with one attached hydrogen (secondary N) is 1. The summed E-state index contributed by atoms with van der Waals surface area (Å²) in [6.45, 7) is 2.42. The lowest BCUT2D eigenvalue weighted by atomic mass is 10.1. The minimum absolute atomic E-state index is 0.0613. The summed E-state index contributed by atoms with van der Waals surface area (Å²) in [7, 11) is 1.79. The van der Waals surface area contributed by atoms with Gasteiger partial charge in [-0.3, -0.25) is 9.89 Å². The first-order valence-corrected chi connectivity index (χ1v) is 10.6. The first kappa shape index (κ1) is 20.8. The molecule has 0 saturated carbocycles. The van der Waals surface area contributed by atoms with E-state index in [-0.39, 0.29) is 11.7 Å². The molecule has 0 spiro atoms. The number of hydrogen-bond acceptors (Lipinski definition) is 6. The Bertz CT molecular complexity index is 1170. The van der Waals surface area contributed by atoms with Crippen molar-refractivity contribution in [1.82, 2.24) is 30.0 Å². The Balaban J connectivity index is 1.34. The predicted octanol–water partition coefficient (Wildman–Crippen LogP) is 4.14. The van der Waals surface area contributed by atoms with E-state index in [0.29, 0.717) is 27.9 Å². The van der Waals surface area contributed by atoms with Crippen LogP contribution in [0.3, 0.4) is 0 Å². The average Bonchev–Trinajstić information content (AvgIpc) is 3.41. The number of thiazole rings is 1. The molecule has 4 rings (SSSR count). The third kappa shape index (κ3) is 4.83. The number of carbonyl (C=O) groups is 1. The van der Waals surface area contributed by atoms with E-state index in [1.165, 1.54) is 23.5 Å². The van der Waals surface area contributed by atoms with Gasteiger partial charge in [-0.2, -0.15) is 5.10 Å². The average molecular weight is 437 g/mol. The topological polar surface area (TPSA) is 87.7 Å².